The molecule has 3 rings (SSSR count). The van der Waals surface area contributed by atoms with E-state index in [0.29, 0.717) is 11.6 Å². The molecular formula is C16H14ClN3O. The van der Waals surface area contributed by atoms with Crippen LogP contribution in [0.25, 0.3) is 22.2 Å². The van der Waals surface area contributed by atoms with Gasteiger partial charge in [-0.15, -0.1) is 0 Å². The van der Waals surface area contributed by atoms with Gasteiger partial charge in [-0.1, -0.05) is 41.9 Å². The van der Waals surface area contributed by atoms with Crippen molar-refractivity contribution in [3.63, 3.8) is 0 Å². The van der Waals surface area contributed by atoms with Gasteiger partial charge in [-0.3, -0.25) is 9.48 Å². The first-order valence-electron chi connectivity index (χ1n) is 6.65. The normalized spacial score (nSPS) is 10.9. The highest BCUT2D eigenvalue weighted by Crippen LogP contribution is 2.30. The quantitative estimate of drug-likeness (QED) is 0.804. The van der Waals surface area contributed by atoms with Crippen molar-refractivity contribution in [1.82, 2.24) is 9.78 Å². The predicted molar refractivity (Wildman–Crippen MR) is 84.0 cm³/mol. The van der Waals surface area contributed by atoms with Crippen molar-refractivity contribution >= 4 is 28.4 Å². The number of aryl methyl sites for hydroxylation is 1. The van der Waals surface area contributed by atoms with E-state index in [4.69, 9.17) is 17.3 Å². The van der Waals surface area contributed by atoms with Crippen LogP contribution in [0, 0.1) is 0 Å². The minimum Gasteiger partial charge on any atom is -0.370 e. The predicted octanol–water partition coefficient (Wildman–Crippen LogP) is 3.23. The second-order valence-corrected chi connectivity index (χ2v) is 5.25. The molecule has 21 heavy (non-hydrogen) atoms. The molecule has 2 aromatic carbocycles. The Morgan fingerprint density at radius 2 is 1.95 bits per heavy atom. The fourth-order valence-electron chi connectivity index (χ4n) is 2.35. The molecule has 0 saturated heterocycles. The lowest BCUT2D eigenvalue weighted by molar-refractivity contribution is -0.118. The molecule has 0 radical (unpaired) electrons. The van der Waals surface area contributed by atoms with Gasteiger partial charge in [-0.25, -0.2) is 0 Å². The monoisotopic (exact) mass is 299 g/mol. The summed E-state index contributed by atoms with van der Waals surface area (Å²) in [6, 6.07) is 15.5. The van der Waals surface area contributed by atoms with Crippen LogP contribution in [0.3, 0.4) is 0 Å². The fourth-order valence-corrected chi connectivity index (χ4v) is 2.52. The van der Waals surface area contributed by atoms with Crippen LogP contribution in [0.15, 0.2) is 48.5 Å². The summed E-state index contributed by atoms with van der Waals surface area (Å²) >= 11 is 6.10. The van der Waals surface area contributed by atoms with Crippen LogP contribution in [0.1, 0.15) is 6.42 Å². The number of nitrogens with two attached hydrogens (primary N) is 1. The number of primary amides is 1. The van der Waals surface area contributed by atoms with Crippen LogP contribution in [-0.2, 0) is 11.3 Å². The summed E-state index contributed by atoms with van der Waals surface area (Å²) in [4.78, 5) is 11.0. The molecule has 0 saturated carbocycles. The number of hydrogen-bond donors (Lipinski definition) is 1. The summed E-state index contributed by atoms with van der Waals surface area (Å²) in [5, 5.41) is 6.25. The number of amides is 1. The maximum atomic E-state index is 11.0. The Bertz CT molecular complexity index is 796. The van der Waals surface area contributed by atoms with Gasteiger partial charge in [0.25, 0.3) is 0 Å². The van der Waals surface area contributed by atoms with Crippen LogP contribution in [0.2, 0.25) is 5.02 Å². The van der Waals surface area contributed by atoms with Crippen molar-refractivity contribution in [2.45, 2.75) is 13.0 Å². The number of benzene rings is 2. The molecule has 3 aromatic rings. The second-order valence-electron chi connectivity index (χ2n) is 4.82. The van der Waals surface area contributed by atoms with Gasteiger partial charge in [0.2, 0.25) is 5.91 Å². The van der Waals surface area contributed by atoms with E-state index in [0.717, 1.165) is 22.2 Å². The molecule has 1 heterocycles. The summed E-state index contributed by atoms with van der Waals surface area (Å²) in [5.74, 6) is -0.339. The van der Waals surface area contributed by atoms with Gasteiger partial charge in [0.15, 0.2) is 0 Å². The zero-order valence-corrected chi connectivity index (χ0v) is 12.0. The highest BCUT2D eigenvalue weighted by Gasteiger charge is 2.13. The van der Waals surface area contributed by atoms with E-state index >= 15 is 0 Å². The van der Waals surface area contributed by atoms with Crippen molar-refractivity contribution < 1.29 is 4.79 Å². The van der Waals surface area contributed by atoms with Crippen LogP contribution < -0.4 is 5.73 Å². The first kappa shape index (κ1) is 13.6. The Morgan fingerprint density at radius 1 is 1.19 bits per heavy atom. The Hall–Kier alpha value is -2.33. The van der Waals surface area contributed by atoms with E-state index in [9.17, 15) is 4.79 Å². The van der Waals surface area contributed by atoms with Gasteiger partial charge in [0.1, 0.15) is 5.69 Å². The van der Waals surface area contributed by atoms with E-state index in [2.05, 4.69) is 5.10 Å². The van der Waals surface area contributed by atoms with E-state index in [-0.39, 0.29) is 12.3 Å². The number of carbonyl (C=O) groups excluding carboxylic acids is 1. The molecule has 5 heteroatoms. The van der Waals surface area contributed by atoms with Crippen LogP contribution in [-0.4, -0.2) is 15.7 Å². The Labute approximate surface area is 127 Å². The molecule has 1 aromatic heterocycles. The van der Waals surface area contributed by atoms with Gasteiger partial charge in [-0.2, -0.15) is 5.10 Å². The summed E-state index contributed by atoms with van der Waals surface area (Å²) < 4.78 is 1.80. The molecule has 106 valence electrons. The zero-order valence-electron chi connectivity index (χ0n) is 11.3. The molecule has 0 atom stereocenters. The van der Waals surface area contributed by atoms with E-state index in [1.54, 1.807) is 4.68 Å². The third-order valence-corrected chi connectivity index (χ3v) is 3.56. The standard InChI is InChI=1S/C16H14ClN3O/c17-12-6-7-14-13(10-12)16(11-4-2-1-3-5-11)19-20(14)9-8-15(18)21/h1-7,10H,8-9H2,(H2,18,21). The maximum absolute atomic E-state index is 11.0. The molecule has 0 aliphatic carbocycles. The second kappa shape index (κ2) is 5.58. The molecule has 1 amide bonds. The SMILES string of the molecule is NC(=O)CCn1nc(-c2ccccc2)c2cc(Cl)ccc21. The number of halogens is 1. The first-order valence-corrected chi connectivity index (χ1v) is 7.03. The van der Waals surface area contributed by atoms with Gasteiger partial charge in [0, 0.05) is 22.4 Å². The van der Waals surface area contributed by atoms with Crippen LogP contribution in [0.4, 0.5) is 0 Å². The number of aromatic nitrogens is 2. The topological polar surface area (TPSA) is 60.9 Å². The summed E-state index contributed by atoms with van der Waals surface area (Å²) in [6.45, 7) is 0.459. The number of fused-ring (bicyclic) bond motifs is 1. The Morgan fingerprint density at radius 3 is 2.67 bits per heavy atom. The van der Waals surface area contributed by atoms with Gasteiger partial charge in [0.05, 0.1) is 12.1 Å². The van der Waals surface area contributed by atoms with E-state index < -0.39 is 0 Å². The molecule has 0 unspecified atom stereocenters. The molecule has 0 aliphatic heterocycles. The fraction of sp³-hybridized carbons (Fsp3) is 0.125. The van der Waals surface area contributed by atoms with Crippen molar-refractivity contribution in [3.05, 3.63) is 53.6 Å². The molecule has 0 bridgehead atoms. The highest BCUT2D eigenvalue weighted by molar-refractivity contribution is 6.31. The Kier molecular flexibility index (Phi) is 3.62. The third-order valence-electron chi connectivity index (χ3n) is 3.33. The maximum Gasteiger partial charge on any atom is 0.219 e. The summed E-state index contributed by atoms with van der Waals surface area (Å²) in [6.07, 6.45) is 0.258. The third kappa shape index (κ3) is 2.76. The molecule has 0 aliphatic rings. The lowest BCUT2D eigenvalue weighted by Gasteiger charge is -2.00. The van der Waals surface area contributed by atoms with E-state index in [1.165, 1.54) is 0 Å². The number of carbonyl (C=O) groups is 1. The zero-order chi connectivity index (χ0) is 14.8. The van der Waals surface area contributed by atoms with Crippen molar-refractivity contribution in [2.24, 2.45) is 5.73 Å². The average molecular weight is 300 g/mol. The lowest BCUT2D eigenvalue weighted by atomic mass is 10.1. The van der Waals surface area contributed by atoms with Crippen molar-refractivity contribution in [3.8, 4) is 11.3 Å². The average Bonchev–Trinajstić information content (AvgIpc) is 2.84. The largest absolute Gasteiger partial charge is 0.370 e. The van der Waals surface area contributed by atoms with Gasteiger partial charge >= 0.3 is 0 Å². The molecule has 2 N–H and O–H groups in total. The molecular weight excluding hydrogens is 286 g/mol. The van der Waals surface area contributed by atoms with Gasteiger partial charge < -0.3 is 5.73 Å². The van der Waals surface area contributed by atoms with Gasteiger partial charge in [-0.05, 0) is 18.2 Å². The number of hydrogen-bond acceptors (Lipinski definition) is 2. The Balaban J connectivity index is 2.15. The van der Waals surface area contributed by atoms with Crippen molar-refractivity contribution in [1.29, 1.82) is 0 Å². The van der Waals surface area contributed by atoms with Crippen LogP contribution >= 0.6 is 11.6 Å². The van der Waals surface area contributed by atoms with Crippen molar-refractivity contribution in [2.75, 3.05) is 0 Å². The molecule has 0 fully saturated rings. The highest BCUT2D eigenvalue weighted by atomic mass is 35.5. The van der Waals surface area contributed by atoms with Crippen LogP contribution in [0.5, 0.6) is 0 Å². The summed E-state index contributed by atoms with van der Waals surface area (Å²) in [7, 11) is 0. The number of rotatable bonds is 4. The van der Waals surface area contributed by atoms with E-state index in [1.807, 2.05) is 48.5 Å². The summed E-state index contributed by atoms with van der Waals surface area (Å²) in [5.41, 5.74) is 8.04. The first-order chi connectivity index (χ1) is 10.1. The lowest BCUT2D eigenvalue weighted by Crippen LogP contribution is -2.14. The molecule has 4 nitrogen and oxygen atoms in total. The number of nitrogens with zero attached hydrogens (tertiary/aromatic N) is 2. The minimum absolute atomic E-state index is 0.258. The minimum atomic E-state index is -0.339. The smallest absolute Gasteiger partial charge is 0.219 e. The molecule has 0 spiro atoms.